The van der Waals surface area contributed by atoms with Gasteiger partial charge in [0.25, 0.3) is 0 Å². The largest absolute Gasteiger partial charge is 0.505 e. The number of hydrogen-bond acceptors (Lipinski definition) is 1. The lowest BCUT2D eigenvalue weighted by Crippen LogP contribution is -1.77. The molecule has 0 saturated heterocycles. The van der Waals surface area contributed by atoms with E-state index >= 15 is 0 Å². The Morgan fingerprint density at radius 2 is 2.23 bits per heavy atom. The first kappa shape index (κ1) is 10.1. The molecule has 0 bridgehead atoms. The van der Waals surface area contributed by atoms with Crippen LogP contribution in [-0.2, 0) is 0 Å². The number of phenolic OH excluding ortho intramolecular Hbond substituents is 1. The Balaban J connectivity index is 2.73. The number of rotatable bonds is 3. The minimum Gasteiger partial charge on any atom is -0.505 e. The van der Waals surface area contributed by atoms with Crippen molar-refractivity contribution in [3.8, 4) is 5.75 Å². The molecule has 0 aliphatic rings. The molecule has 0 radical (unpaired) electrons. The van der Waals surface area contributed by atoms with Gasteiger partial charge in [-0.25, -0.2) is 4.39 Å². The molecular formula is C10H10ClFO. The fraction of sp³-hybridized carbons (Fsp3) is 0.200. The van der Waals surface area contributed by atoms with Crippen LogP contribution in [-0.4, -0.2) is 11.0 Å². The number of allylic oxidation sites excluding steroid dienone is 1. The van der Waals surface area contributed by atoms with Crippen molar-refractivity contribution in [2.24, 2.45) is 0 Å². The van der Waals surface area contributed by atoms with E-state index in [1.54, 1.807) is 12.1 Å². The van der Waals surface area contributed by atoms with E-state index in [4.69, 9.17) is 16.7 Å². The zero-order valence-electron chi connectivity index (χ0n) is 7.00. The highest BCUT2D eigenvalue weighted by Gasteiger charge is 1.98. The highest BCUT2D eigenvalue weighted by molar-refractivity contribution is 6.17. The van der Waals surface area contributed by atoms with Crippen LogP contribution in [0.25, 0.3) is 6.08 Å². The van der Waals surface area contributed by atoms with Crippen LogP contribution in [0.2, 0.25) is 0 Å². The van der Waals surface area contributed by atoms with E-state index < -0.39 is 5.82 Å². The molecule has 3 heteroatoms. The molecule has 0 aliphatic heterocycles. The minimum atomic E-state index is -0.602. The second-order valence-corrected chi connectivity index (χ2v) is 2.97. The van der Waals surface area contributed by atoms with Gasteiger partial charge in [0.05, 0.1) is 0 Å². The highest BCUT2D eigenvalue weighted by Crippen LogP contribution is 2.17. The first-order valence-electron chi connectivity index (χ1n) is 3.95. The molecule has 0 spiro atoms. The summed E-state index contributed by atoms with van der Waals surface area (Å²) in [4.78, 5) is 0. The van der Waals surface area contributed by atoms with E-state index in [1.807, 2.05) is 6.08 Å². The summed E-state index contributed by atoms with van der Waals surface area (Å²) >= 11 is 5.46. The maximum absolute atomic E-state index is 12.6. The minimum absolute atomic E-state index is 0.326. The number of hydrogen-bond donors (Lipinski definition) is 1. The Hall–Kier alpha value is -1.02. The van der Waals surface area contributed by atoms with E-state index in [0.29, 0.717) is 5.88 Å². The van der Waals surface area contributed by atoms with Crippen LogP contribution in [0.3, 0.4) is 0 Å². The summed E-state index contributed by atoms with van der Waals surface area (Å²) in [5, 5.41) is 9.02. The lowest BCUT2D eigenvalue weighted by atomic mass is 10.2. The number of halogens is 2. The summed E-state index contributed by atoms with van der Waals surface area (Å²) in [6, 6.07) is 4.20. The van der Waals surface area contributed by atoms with Crippen LogP contribution in [0.1, 0.15) is 12.0 Å². The predicted molar refractivity (Wildman–Crippen MR) is 52.4 cm³/mol. The topological polar surface area (TPSA) is 20.2 Å². The van der Waals surface area contributed by atoms with Gasteiger partial charge in [0.15, 0.2) is 11.6 Å². The predicted octanol–water partition coefficient (Wildman–Crippen LogP) is 3.17. The Bertz CT molecular complexity index is 310. The van der Waals surface area contributed by atoms with Crippen LogP contribution >= 0.6 is 11.6 Å². The molecule has 0 atom stereocenters. The summed E-state index contributed by atoms with van der Waals surface area (Å²) in [5.41, 5.74) is 0.768. The average Bonchev–Trinajstić information content (AvgIpc) is 2.12. The van der Waals surface area contributed by atoms with Crippen molar-refractivity contribution in [3.63, 3.8) is 0 Å². The Morgan fingerprint density at radius 3 is 2.85 bits per heavy atom. The maximum atomic E-state index is 12.6. The molecule has 13 heavy (non-hydrogen) atoms. The summed E-state index contributed by atoms with van der Waals surface area (Å²) in [6.07, 6.45) is 4.43. The second-order valence-electron chi connectivity index (χ2n) is 2.59. The van der Waals surface area contributed by atoms with Crippen molar-refractivity contribution in [3.05, 3.63) is 35.7 Å². The van der Waals surface area contributed by atoms with Crippen LogP contribution < -0.4 is 0 Å². The smallest absolute Gasteiger partial charge is 0.164 e. The molecule has 0 saturated carbocycles. The number of phenols is 1. The average molecular weight is 201 g/mol. The molecule has 1 aromatic rings. The summed E-state index contributed by atoms with van der Waals surface area (Å²) in [6.45, 7) is 0. The van der Waals surface area contributed by atoms with Crippen LogP contribution in [0, 0.1) is 5.82 Å². The van der Waals surface area contributed by atoms with Crippen molar-refractivity contribution >= 4 is 17.7 Å². The van der Waals surface area contributed by atoms with Crippen LogP contribution in [0.5, 0.6) is 5.75 Å². The molecule has 0 aromatic heterocycles. The van der Waals surface area contributed by atoms with Gasteiger partial charge in [-0.05, 0) is 24.1 Å². The van der Waals surface area contributed by atoms with Gasteiger partial charge < -0.3 is 5.11 Å². The first-order chi connectivity index (χ1) is 6.24. The molecule has 1 aromatic carbocycles. The third kappa shape index (κ3) is 3.07. The second kappa shape index (κ2) is 4.87. The van der Waals surface area contributed by atoms with Crippen molar-refractivity contribution < 1.29 is 9.50 Å². The fourth-order valence-corrected chi connectivity index (χ4v) is 1.04. The van der Waals surface area contributed by atoms with Gasteiger partial charge in [0, 0.05) is 5.88 Å². The third-order valence-corrected chi connectivity index (χ3v) is 1.77. The summed E-state index contributed by atoms with van der Waals surface area (Å²) in [5.74, 6) is -0.369. The summed E-state index contributed by atoms with van der Waals surface area (Å²) < 4.78 is 12.6. The Kier molecular flexibility index (Phi) is 3.77. The SMILES string of the molecule is Oc1cc(C=CCCCl)ccc1F. The normalized spacial score (nSPS) is 10.9. The van der Waals surface area contributed by atoms with Gasteiger partial charge in [-0.15, -0.1) is 11.6 Å². The van der Waals surface area contributed by atoms with Gasteiger partial charge in [0.1, 0.15) is 0 Å². The Morgan fingerprint density at radius 1 is 1.46 bits per heavy atom. The monoisotopic (exact) mass is 200 g/mol. The van der Waals surface area contributed by atoms with Gasteiger partial charge in [-0.3, -0.25) is 0 Å². The Labute approximate surface area is 81.5 Å². The number of alkyl halides is 1. The van der Waals surface area contributed by atoms with Gasteiger partial charge in [-0.1, -0.05) is 18.2 Å². The fourth-order valence-electron chi connectivity index (χ4n) is 0.916. The van der Waals surface area contributed by atoms with Gasteiger partial charge >= 0.3 is 0 Å². The van der Waals surface area contributed by atoms with E-state index in [0.717, 1.165) is 12.0 Å². The molecule has 70 valence electrons. The molecule has 1 nitrogen and oxygen atoms in total. The van der Waals surface area contributed by atoms with Crippen molar-refractivity contribution in [1.29, 1.82) is 0 Å². The quantitative estimate of drug-likeness (QED) is 0.744. The van der Waals surface area contributed by atoms with Crippen molar-refractivity contribution in [1.82, 2.24) is 0 Å². The molecule has 0 aliphatic carbocycles. The maximum Gasteiger partial charge on any atom is 0.164 e. The first-order valence-corrected chi connectivity index (χ1v) is 4.48. The number of benzene rings is 1. The lowest BCUT2D eigenvalue weighted by Gasteiger charge is -1.96. The molecule has 1 rings (SSSR count). The van der Waals surface area contributed by atoms with Crippen LogP contribution in [0.4, 0.5) is 4.39 Å². The van der Waals surface area contributed by atoms with Crippen LogP contribution in [0.15, 0.2) is 24.3 Å². The molecule has 0 amide bonds. The van der Waals surface area contributed by atoms with Crippen molar-refractivity contribution in [2.45, 2.75) is 6.42 Å². The van der Waals surface area contributed by atoms with E-state index in [1.165, 1.54) is 12.1 Å². The molecule has 0 fully saturated rings. The zero-order chi connectivity index (χ0) is 9.68. The van der Waals surface area contributed by atoms with Crippen molar-refractivity contribution in [2.75, 3.05) is 5.88 Å². The van der Waals surface area contributed by atoms with E-state index in [2.05, 4.69) is 0 Å². The molecule has 1 N–H and O–H groups in total. The molecule has 0 heterocycles. The summed E-state index contributed by atoms with van der Waals surface area (Å²) in [7, 11) is 0. The standard InChI is InChI=1S/C10H10ClFO/c11-6-2-1-3-8-4-5-9(12)10(13)7-8/h1,3-5,7,13H,2,6H2. The zero-order valence-corrected chi connectivity index (χ0v) is 7.76. The highest BCUT2D eigenvalue weighted by atomic mass is 35.5. The third-order valence-electron chi connectivity index (χ3n) is 1.56. The van der Waals surface area contributed by atoms with Gasteiger partial charge in [0.2, 0.25) is 0 Å². The van der Waals surface area contributed by atoms with E-state index in [-0.39, 0.29) is 5.75 Å². The van der Waals surface area contributed by atoms with E-state index in [9.17, 15) is 4.39 Å². The molecular weight excluding hydrogens is 191 g/mol. The molecule has 0 unspecified atom stereocenters. The number of aromatic hydroxyl groups is 1. The lowest BCUT2D eigenvalue weighted by molar-refractivity contribution is 0.432. The van der Waals surface area contributed by atoms with Gasteiger partial charge in [-0.2, -0.15) is 0 Å².